The minimum atomic E-state index is -4.15. The number of aliphatic hydroxyl groups is 1. The van der Waals surface area contributed by atoms with E-state index >= 15 is 0 Å². The van der Waals surface area contributed by atoms with Crippen LogP contribution in [0.1, 0.15) is 1.43 Å². The van der Waals surface area contributed by atoms with Crippen LogP contribution in [0, 0.1) is 0 Å². The van der Waals surface area contributed by atoms with Crippen LogP contribution in [-0.2, 0) is 10.1 Å². The van der Waals surface area contributed by atoms with Crippen molar-refractivity contribution in [1.82, 2.24) is 0 Å². The average molecular weight is 242 g/mol. The predicted molar refractivity (Wildman–Crippen MR) is 49.9 cm³/mol. The fraction of sp³-hybridized carbons (Fsp3) is 0.250. The third-order valence-corrected chi connectivity index (χ3v) is 2.35. The van der Waals surface area contributed by atoms with Crippen molar-refractivity contribution in [3.63, 3.8) is 0 Å². The van der Waals surface area contributed by atoms with Gasteiger partial charge in [-0.25, -0.2) is 0 Å². The minimum Gasteiger partial charge on any atom is -1.00 e. The fourth-order valence-corrected chi connectivity index (χ4v) is 1.35. The van der Waals surface area contributed by atoms with Crippen LogP contribution in [0.2, 0.25) is 0 Å². The Labute approximate surface area is 112 Å². The van der Waals surface area contributed by atoms with E-state index in [1.54, 1.807) is 0 Å². The van der Waals surface area contributed by atoms with Crippen LogP contribution >= 0.6 is 0 Å². The van der Waals surface area contributed by atoms with Crippen LogP contribution in [0.25, 0.3) is 0 Å². The number of ether oxygens (including phenoxy) is 1. The van der Waals surface area contributed by atoms with Gasteiger partial charge in [-0.05, 0) is 24.3 Å². The van der Waals surface area contributed by atoms with Gasteiger partial charge in [-0.2, -0.15) is 8.42 Å². The Morgan fingerprint density at radius 1 is 1.27 bits per heavy atom. The summed E-state index contributed by atoms with van der Waals surface area (Å²) in [5.74, 6) is 0.437. The molecule has 7 heteroatoms. The van der Waals surface area contributed by atoms with E-state index < -0.39 is 10.1 Å². The third-order valence-electron chi connectivity index (χ3n) is 1.48. The van der Waals surface area contributed by atoms with Gasteiger partial charge in [-0.15, -0.1) is 0 Å². The monoisotopic (exact) mass is 242 g/mol. The molecule has 0 aromatic heterocycles. The molecule has 5 nitrogen and oxygen atoms in total. The maximum atomic E-state index is 10.6. The Bertz CT molecular complexity index is 391. The minimum absolute atomic E-state index is 0. The number of hydrogen-bond acceptors (Lipinski definition) is 4. The zero-order chi connectivity index (χ0) is 10.6. The molecule has 0 atom stereocenters. The van der Waals surface area contributed by atoms with Crippen LogP contribution < -0.4 is 34.3 Å². The number of hydrogen-bond donors (Lipinski definition) is 2. The summed E-state index contributed by atoms with van der Waals surface area (Å²) in [7, 11) is -4.15. The van der Waals surface area contributed by atoms with Crippen LogP contribution in [0.5, 0.6) is 5.75 Å². The van der Waals surface area contributed by atoms with Crippen molar-refractivity contribution in [3.8, 4) is 5.75 Å². The van der Waals surface area contributed by atoms with E-state index in [1.165, 1.54) is 24.3 Å². The normalized spacial score (nSPS) is 10.5. The third kappa shape index (κ3) is 4.96. The number of rotatable bonds is 4. The molecule has 0 fully saturated rings. The van der Waals surface area contributed by atoms with E-state index in [-0.39, 0.29) is 49.1 Å². The van der Waals surface area contributed by atoms with E-state index in [9.17, 15) is 8.42 Å². The first-order valence-electron chi connectivity index (χ1n) is 3.85. The van der Waals surface area contributed by atoms with Gasteiger partial charge in [-0.3, -0.25) is 4.55 Å². The Hall–Kier alpha value is -0.110. The van der Waals surface area contributed by atoms with Crippen LogP contribution in [0.3, 0.4) is 0 Å². The summed E-state index contributed by atoms with van der Waals surface area (Å²) >= 11 is 0. The van der Waals surface area contributed by atoms with E-state index in [0.717, 1.165) is 0 Å². The second-order valence-corrected chi connectivity index (χ2v) is 3.94. The van der Waals surface area contributed by atoms with Gasteiger partial charge in [0.25, 0.3) is 10.1 Å². The molecule has 2 N–H and O–H groups in total. The summed E-state index contributed by atoms with van der Waals surface area (Å²) < 4.78 is 34.9. The molecule has 0 saturated carbocycles. The number of aliphatic hydroxyl groups excluding tert-OH is 1. The summed E-state index contributed by atoms with van der Waals surface area (Å²) in [5.41, 5.74) is 0. The van der Waals surface area contributed by atoms with Gasteiger partial charge in [0.15, 0.2) is 0 Å². The van der Waals surface area contributed by atoms with Crippen molar-refractivity contribution in [2.75, 3.05) is 13.2 Å². The van der Waals surface area contributed by atoms with Crippen molar-refractivity contribution in [3.05, 3.63) is 24.3 Å². The first kappa shape index (κ1) is 14.9. The van der Waals surface area contributed by atoms with Gasteiger partial charge in [0.05, 0.1) is 11.5 Å². The molecule has 0 aliphatic heterocycles. The van der Waals surface area contributed by atoms with Crippen LogP contribution in [0.15, 0.2) is 29.2 Å². The fourth-order valence-electron chi connectivity index (χ4n) is 0.871. The van der Waals surface area contributed by atoms with E-state index in [4.69, 9.17) is 14.4 Å². The molecule has 0 unspecified atom stereocenters. The number of benzene rings is 1. The summed E-state index contributed by atoms with van der Waals surface area (Å²) in [5, 5.41) is 8.45. The maximum absolute atomic E-state index is 10.6. The van der Waals surface area contributed by atoms with Gasteiger partial charge in [0.1, 0.15) is 12.4 Å². The standard InChI is InChI=1S/C8H10O5S.Na.H/c9-5-6-13-7-1-3-8(4-2-7)14(10,11)12;;/h1-4,9H,5-6H2,(H,10,11,12);;/q;+1;-1. The average Bonchev–Trinajstić information content (AvgIpc) is 2.14. The Kier molecular flexibility index (Phi) is 6.42. The molecular formula is C8H11NaO5S. The summed E-state index contributed by atoms with van der Waals surface area (Å²) in [4.78, 5) is -0.186. The molecule has 0 amide bonds. The maximum Gasteiger partial charge on any atom is 1.00 e. The summed E-state index contributed by atoms with van der Waals surface area (Å²) in [6.07, 6.45) is 0. The van der Waals surface area contributed by atoms with Gasteiger partial charge >= 0.3 is 29.6 Å². The molecule has 15 heavy (non-hydrogen) atoms. The van der Waals surface area contributed by atoms with Gasteiger partial charge in [0.2, 0.25) is 0 Å². The molecule has 1 aromatic carbocycles. The van der Waals surface area contributed by atoms with E-state index in [1.807, 2.05) is 0 Å². The molecule has 0 spiro atoms. The Morgan fingerprint density at radius 3 is 2.20 bits per heavy atom. The molecule has 0 bridgehead atoms. The van der Waals surface area contributed by atoms with Crippen molar-refractivity contribution >= 4 is 10.1 Å². The summed E-state index contributed by atoms with van der Waals surface area (Å²) in [6.45, 7) is 0.0330. The van der Waals surface area contributed by atoms with Gasteiger partial charge in [0, 0.05) is 0 Å². The molecule has 0 radical (unpaired) electrons. The SMILES string of the molecule is O=S(=O)(O)c1ccc(OCCO)cc1.[H-].[Na+]. The zero-order valence-electron chi connectivity index (χ0n) is 9.25. The molecule has 0 saturated heterocycles. The van der Waals surface area contributed by atoms with Gasteiger partial charge in [-0.1, -0.05) is 0 Å². The molecule has 0 aliphatic carbocycles. The quantitative estimate of drug-likeness (QED) is 0.447. The molecule has 1 aromatic rings. The van der Waals surface area contributed by atoms with Crippen molar-refractivity contribution in [2.24, 2.45) is 0 Å². The van der Waals surface area contributed by atoms with E-state index in [2.05, 4.69) is 0 Å². The van der Waals surface area contributed by atoms with Crippen molar-refractivity contribution < 1.29 is 53.8 Å². The largest absolute Gasteiger partial charge is 1.00 e. The topological polar surface area (TPSA) is 83.8 Å². The van der Waals surface area contributed by atoms with Gasteiger partial charge < -0.3 is 11.3 Å². The molecule has 1 rings (SSSR count). The summed E-state index contributed by atoms with van der Waals surface area (Å²) in [6, 6.07) is 5.25. The Morgan fingerprint density at radius 2 is 1.80 bits per heavy atom. The van der Waals surface area contributed by atoms with Crippen LogP contribution in [-0.4, -0.2) is 31.3 Å². The van der Waals surface area contributed by atoms with Crippen LogP contribution in [0.4, 0.5) is 0 Å². The molecule has 0 heterocycles. The second-order valence-electron chi connectivity index (χ2n) is 2.52. The second kappa shape index (κ2) is 6.47. The zero-order valence-corrected chi connectivity index (χ0v) is 11.1. The smallest absolute Gasteiger partial charge is 1.00 e. The van der Waals surface area contributed by atoms with E-state index in [0.29, 0.717) is 5.75 Å². The first-order valence-corrected chi connectivity index (χ1v) is 5.29. The predicted octanol–water partition coefficient (Wildman–Crippen LogP) is -2.58. The molecule has 80 valence electrons. The van der Waals surface area contributed by atoms with Crippen molar-refractivity contribution in [1.29, 1.82) is 0 Å². The molecular weight excluding hydrogens is 231 g/mol. The van der Waals surface area contributed by atoms with Crippen molar-refractivity contribution in [2.45, 2.75) is 4.90 Å². The Balaban J connectivity index is 0. The first-order chi connectivity index (χ1) is 6.54. The molecule has 0 aliphatic rings.